The van der Waals surface area contributed by atoms with Crippen molar-refractivity contribution in [2.45, 2.75) is 56.2 Å². The fraction of sp³-hybridized carbons (Fsp3) is 0.625. The number of rotatable bonds is 9. The van der Waals surface area contributed by atoms with Crippen molar-refractivity contribution in [1.82, 2.24) is 5.32 Å². The van der Waals surface area contributed by atoms with Gasteiger partial charge in [0, 0.05) is 6.04 Å². The lowest BCUT2D eigenvalue weighted by Gasteiger charge is -2.27. The summed E-state index contributed by atoms with van der Waals surface area (Å²) in [4.78, 5) is 0.340. The van der Waals surface area contributed by atoms with E-state index < -0.39 is 15.1 Å². The van der Waals surface area contributed by atoms with E-state index >= 15 is 0 Å². The average molecular weight is 313 g/mol. The molecule has 0 aliphatic rings. The number of ether oxygens (including phenoxy) is 1. The molecule has 0 aliphatic heterocycles. The van der Waals surface area contributed by atoms with Gasteiger partial charge in [-0.25, -0.2) is 8.42 Å². The highest BCUT2D eigenvalue weighted by Crippen LogP contribution is 2.25. The summed E-state index contributed by atoms with van der Waals surface area (Å²) in [6, 6.07) is 6.72. The summed E-state index contributed by atoms with van der Waals surface area (Å²) in [5.41, 5.74) is 0. The Hall–Kier alpha value is -1.07. The molecule has 0 saturated carbocycles. The summed E-state index contributed by atoms with van der Waals surface area (Å²) in [7, 11) is -1.83. The van der Waals surface area contributed by atoms with Crippen LogP contribution in [0.3, 0.4) is 0 Å². The molecular formula is C16H27NO3S. The van der Waals surface area contributed by atoms with Crippen molar-refractivity contribution in [3.8, 4) is 5.75 Å². The highest BCUT2D eigenvalue weighted by molar-refractivity contribution is 7.92. The molecule has 1 aromatic carbocycles. The number of benzene rings is 1. The van der Waals surface area contributed by atoms with Crippen LogP contribution in [0.4, 0.5) is 0 Å². The topological polar surface area (TPSA) is 55.4 Å². The van der Waals surface area contributed by atoms with Crippen LogP contribution in [-0.2, 0) is 9.84 Å². The molecule has 0 bridgehead atoms. The summed E-state index contributed by atoms with van der Waals surface area (Å²) in [5.74, 6) is 0.571. The first-order chi connectivity index (χ1) is 10.0. The first-order valence-electron chi connectivity index (χ1n) is 7.62. The summed E-state index contributed by atoms with van der Waals surface area (Å²) >= 11 is 0. The molecule has 1 rings (SSSR count). The standard InChI is InChI=1S/C16H27NO3S/c1-5-9-15(17-7-3)16(6-2)21(18,19)14-11-8-10-13(12-14)20-4/h8,10-12,15-17H,5-7,9H2,1-4H3. The zero-order valence-corrected chi connectivity index (χ0v) is 14.2. The molecule has 4 nitrogen and oxygen atoms in total. The van der Waals surface area contributed by atoms with Crippen LogP contribution < -0.4 is 10.1 Å². The largest absolute Gasteiger partial charge is 0.497 e. The van der Waals surface area contributed by atoms with Gasteiger partial charge in [-0.3, -0.25) is 0 Å². The van der Waals surface area contributed by atoms with E-state index in [1.807, 2.05) is 13.8 Å². The molecule has 0 aliphatic carbocycles. The maximum atomic E-state index is 12.9. The molecule has 0 fully saturated rings. The van der Waals surface area contributed by atoms with Crippen LogP contribution in [0, 0.1) is 0 Å². The first kappa shape index (κ1) is 18.0. The van der Waals surface area contributed by atoms with Crippen LogP contribution in [0.1, 0.15) is 40.0 Å². The van der Waals surface area contributed by atoms with Gasteiger partial charge in [0.1, 0.15) is 5.75 Å². The molecular weight excluding hydrogens is 286 g/mol. The molecule has 2 atom stereocenters. The highest BCUT2D eigenvalue weighted by Gasteiger charge is 2.32. The monoisotopic (exact) mass is 313 g/mol. The molecule has 21 heavy (non-hydrogen) atoms. The number of hydrogen-bond acceptors (Lipinski definition) is 4. The molecule has 0 heterocycles. The third kappa shape index (κ3) is 4.45. The van der Waals surface area contributed by atoms with Crippen LogP contribution in [0.15, 0.2) is 29.2 Å². The normalized spacial score (nSPS) is 14.7. The summed E-state index contributed by atoms with van der Waals surface area (Å²) in [6.07, 6.45) is 2.41. The summed E-state index contributed by atoms with van der Waals surface area (Å²) in [5, 5.41) is 2.92. The predicted octanol–water partition coefficient (Wildman–Crippen LogP) is 3.03. The van der Waals surface area contributed by atoms with Gasteiger partial charge in [0.05, 0.1) is 17.3 Å². The molecule has 0 spiro atoms. The van der Waals surface area contributed by atoms with Crippen molar-refractivity contribution in [3.63, 3.8) is 0 Å². The Bertz CT molecular complexity index is 522. The van der Waals surface area contributed by atoms with Gasteiger partial charge < -0.3 is 10.1 Å². The molecule has 0 saturated heterocycles. The fourth-order valence-electron chi connectivity index (χ4n) is 2.67. The van der Waals surface area contributed by atoms with E-state index in [4.69, 9.17) is 4.74 Å². The fourth-order valence-corrected chi connectivity index (χ4v) is 4.67. The van der Waals surface area contributed by atoms with E-state index in [1.54, 1.807) is 31.4 Å². The molecule has 0 amide bonds. The van der Waals surface area contributed by atoms with Gasteiger partial charge in [0.25, 0.3) is 0 Å². The maximum absolute atomic E-state index is 12.9. The zero-order valence-electron chi connectivity index (χ0n) is 13.4. The molecule has 1 aromatic rings. The lowest BCUT2D eigenvalue weighted by molar-refractivity contribution is 0.413. The molecule has 120 valence electrons. The maximum Gasteiger partial charge on any atom is 0.182 e. The minimum atomic E-state index is -3.37. The smallest absolute Gasteiger partial charge is 0.182 e. The molecule has 0 aromatic heterocycles. The first-order valence-corrected chi connectivity index (χ1v) is 9.17. The second-order valence-corrected chi connectivity index (χ2v) is 7.29. The van der Waals surface area contributed by atoms with E-state index in [2.05, 4.69) is 12.2 Å². The van der Waals surface area contributed by atoms with E-state index in [1.165, 1.54) is 0 Å². The van der Waals surface area contributed by atoms with Crippen molar-refractivity contribution in [2.24, 2.45) is 0 Å². The average Bonchev–Trinajstić information content (AvgIpc) is 2.48. The highest BCUT2D eigenvalue weighted by atomic mass is 32.2. The van der Waals surface area contributed by atoms with Crippen molar-refractivity contribution in [1.29, 1.82) is 0 Å². The Morgan fingerprint density at radius 3 is 2.48 bits per heavy atom. The van der Waals surface area contributed by atoms with Crippen LogP contribution >= 0.6 is 0 Å². The van der Waals surface area contributed by atoms with E-state index in [0.29, 0.717) is 17.1 Å². The Morgan fingerprint density at radius 1 is 1.24 bits per heavy atom. The third-order valence-corrected chi connectivity index (χ3v) is 6.06. The second-order valence-electron chi connectivity index (χ2n) is 5.12. The Labute approximate surface area is 128 Å². The number of methoxy groups -OCH3 is 1. The quantitative estimate of drug-likeness (QED) is 0.761. The van der Waals surface area contributed by atoms with Crippen LogP contribution in [0.2, 0.25) is 0 Å². The van der Waals surface area contributed by atoms with Gasteiger partial charge in [-0.05, 0) is 37.6 Å². The van der Waals surface area contributed by atoms with Crippen molar-refractivity contribution in [3.05, 3.63) is 24.3 Å². The van der Waals surface area contributed by atoms with Gasteiger partial charge in [-0.1, -0.05) is 33.3 Å². The van der Waals surface area contributed by atoms with Crippen molar-refractivity contribution >= 4 is 9.84 Å². The summed E-state index contributed by atoms with van der Waals surface area (Å²) < 4.78 is 31.0. The minimum Gasteiger partial charge on any atom is -0.497 e. The van der Waals surface area contributed by atoms with Crippen molar-refractivity contribution in [2.75, 3.05) is 13.7 Å². The van der Waals surface area contributed by atoms with Gasteiger partial charge in [0.2, 0.25) is 0 Å². The Kier molecular flexibility index (Phi) is 7.18. The third-order valence-electron chi connectivity index (χ3n) is 3.69. The van der Waals surface area contributed by atoms with Crippen LogP contribution in [0.5, 0.6) is 5.75 Å². The Morgan fingerprint density at radius 2 is 1.95 bits per heavy atom. The van der Waals surface area contributed by atoms with Gasteiger partial charge in [-0.15, -0.1) is 0 Å². The van der Waals surface area contributed by atoms with E-state index in [-0.39, 0.29) is 6.04 Å². The van der Waals surface area contributed by atoms with Gasteiger partial charge in [0.15, 0.2) is 9.84 Å². The number of hydrogen-bond donors (Lipinski definition) is 1. The van der Waals surface area contributed by atoms with Gasteiger partial charge in [-0.2, -0.15) is 0 Å². The number of sulfone groups is 1. The predicted molar refractivity (Wildman–Crippen MR) is 86.6 cm³/mol. The van der Waals surface area contributed by atoms with E-state index in [0.717, 1.165) is 19.4 Å². The van der Waals surface area contributed by atoms with Crippen molar-refractivity contribution < 1.29 is 13.2 Å². The lowest BCUT2D eigenvalue weighted by atomic mass is 10.1. The van der Waals surface area contributed by atoms with Crippen LogP contribution in [0.25, 0.3) is 0 Å². The van der Waals surface area contributed by atoms with Gasteiger partial charge >= 0.3 is 0 Å². The zero-order chi connectivity index (χ0) is 15.9. The molecule has 5 heteroatoms. The minimum absolute atomic E-state index is 0.0128. The molecule has 2 unspecified atom stereocenters. The molecule has 0 radical (unpaired) electrons. The van der Waals surface area contributed by atoms with E-state index in [9.17, 15) is 8.42 Å². The molecule has 1 N–H and O–H groups in total. The second kappa shape index (κ2) is 8.39. The van der Waals surface area contributed by atoms with Crippen LogP contribution in [-0.4, -0.2) is 33.4 Å². The number of nitrogens with one attached hydrogen (secondary N) is 1. The lowest BCUT2D eigenvalue weighted by Crippen LogP contribution is -2.43. The SMILES string of the molecule is CCCC(NCC)C(CC)S(=O)(=O)c1cccc(OC)c1. The summed E-state index contributed by atoms with van der Waals surface area (Å²) in [6.45, 7) is 6.79. The Balaban J connectivity index is 3.16.